The highest BCUT2D eigenvalue weighted by Crippen LogP contribution is 2.58. The molecular weight excluding hydrogens is 952 g/mol. The van der Waals surface area contributed by atoms with Crippen LogP contribution in [-0.4, -0.2) is 6.71 Å². The van der Waals surface area contributed by atoms with E-state index in [0.29, 0.717) is 0 Å². The molecule has 0 N–H and O–H groups in total. The van der Waals surface area contributed by atoms with Crippen molar-refractivity contribution in [3.05, 3.63) is 222 Å². The third-order valence-electron chi connectivity index (χ3n) is 17.2. The fourth-order valence-corrected chi connectivity index (χ4v) is 14.4. The third kappa shape index (κ3) is 7.17. The van der Waals surface area contributed by atoms with Crippen LogP contribution in [0.1, 0.15) is 104 Å². The zero-order valence-corrected chi connectivity index (χ0v) is 47.1. The van der Waals surface area contributed by atoms with Crippen molar-refractivity contribution < 1.29 is 0 Å². The fourth-order valence-electron chi connectivity index (χ4n) is 13.1. The summed E-state index contributed by atoms with van der Waals surface area (Å²) in [4.78, 5) is 10.2. The summed E-state index contributed by atoms with van der Waals surface area (Å²) in [6.07, 6.45) is 0. The summed E-state index contributed by atoms with van der Waals surface area (Å²) < 4.78 is 2.72. The van der Waals surface area contributed by atoms with Gasteiger partial charge in [0.1, 0.15) is 0 Å². The van der Waals surface area contributed by atoms with E-state index in [1.807, 2.05) is 11.3 Å². The molecule has 4 aliphatic rings. The normalized spacial score (nSPS) is 14.9. The summed E-state index contributed by atoms with van der Waals surface area (Å²) in [7, 11) is 0. The Labute approximate surface area is 460 Å². The zero-order chi connectivity index (χ0) is 53.1. The second-order valence-electron chi connectivity index (χ2n) is 25.5. The van der Waals surface area contributed by atoms with Crippen molar-refractivity contribution in [2.24, 2.45) is 0 Å². The lowest BCUT2D eigenvalue weighted by molar-refractivity contribution is 0.590. The molecule has 0 unspecified atom stereocenters. The van der Waals surface area contributed by atoms with Crippen LogP contribution in [0.15, 0.2) is 194 Å². The van der Waals surface area contributed by atoms with Gasteiger partial charge in [-0.15, -0.1) is 11.3 Å². The average molecular weight is 1020 g/mol. The fraction of sp³-hybridized carbons (Fsp3) is 0.211. The van der Waals surface area contributed by atoms with E-state index in [9.17, 15) is 0 Å². The second kappa shape index (κ2) is 16.6. The number of anilines is 12. The van der Waals surface area contributed by atoms with Crippen molar-refractivity contribution in [2.45, 2.75) is 97.8 Å². The molecule has 378 valence electrons. The van der Waals surface area contributed by atoms with Crippen molar-refractivity contribution in [3.63, 3.8) is 0 Å². The van der Waals surface area contributed by atoms with Crippen LogP contribution in [0.5, 0.6) is 0 Å². The number of hydrogen-bond acceptors (Lipinski definition) is 5. The molecule has 9 aromatic carbocycles. The minimum atomic E-state index is -0.128. The second-order valence-corrected chi connectivity index (χ2v) is 26.6. The highest BCUT2D eigenvalue weighted by Gasteiger charge is 2.47. The van der Waals surface area contributed by atoms with E-state index in [1.165, 1.54) is 87.5 Å². The van der Waals surface area contributed by atoms with E-state index >= 15 is 0 Å². The van der Waals surface area contributed by atoms with E-state index in [0.717, 1.165) is 45.5 Å². The molecule has 4 heterocycles. The van der Waals surface area contributed by atoms with Gasteiger partial charge in [0.05, 0.1) is 34.1 Å². The van der Waals surface area contributed by atoms with E-state index in [4.69, 9.17) is 0 Å². The Morgan fingerprint density at radius 2 is 0.844 bits per heavy atom. The molecule has 0 spiro atoms. The van der Waals surface area contributed by atoms with Crippen LogP contribution < -0.4 is 35.3 Å². The quantitative estimate of drug-likeness (QED) is 0.163. The molecule has 0 bridgehead atoms. The maximum Gasteiger partial charge on any atom is 0.264 e. The van der Waals surface area contributed by atoms with Gasteiger partial charge in [-0.05, 0) is 157 Å². The summed E-state index contributed by atoms with van der Waals surface area (Å²) in [5.74, 6) is 0. The van der Waals surface area contributed by atoms with Gasteiger partial charge in [0.25, 0.3) is 6.71 Å². The summed E-state index contributed by atoms with van der Waals surface area (Å²) >= 11 is 2.00. The van der Waals surface area contributed by atoms with Crippen molar-refractivity contribution in [3.8, 4) is 11.1 Å². The van der Waals surface area contributed by atoms with Crippen LogP contribution in [0.4, 0.5) is 68.2 Å². The lowest BCUT2D eigenvalue weighted by Gasteiger charge is -2.45. The van der Waals surface area contributed by atoms with E-state index in [1.54, 1.807) is 0 Å². The smallest absolute Gasteiger partial charge is 0.264 e. The van der Waals surface area contributed by atoms with Gasteiger partial charge in [0.2, 0.25) is 0 Å². The first kappa shape index (κ1) is 47.6. The predicted molar refractivity (Wildman–Crippen MR) is 332 cm³/mol. The topological polar surface area (TPSA) is 13.0 Å². The van der Waals surface area contributed by atoms with Gasteiger partial charge < -0.3 is 19.6 Å². The summed E-state index contributed by atoms with van der Waals surface area (Å²) in [5.41, 5.74) is 25.9. The molecule has 0 amide bonds. The summed E-state index contributed by atoms with van der Waals surface area (Å²) in [6, 6.07) is 74.3. The van der Waals surface area contributed by atoms with Gasteiger partial charge in [-0.25, -0.2) is 0 Å². The summed E-state index contributed by atoms with van der Waals surface area (Å²) in [6.45, 7) is 25.7. The highest BCUT2D eigenvalue weighted by molar-refractivity contribution is 7.33. The van der Waals surface area contributed by atoms with Crippen LogP contribution in [0, 0.1) is 0 Å². The molecule has 0 fully saturated rings. The Hall–Kier alpha value is -7.80. The average Bonchev–Trinajstić information content (AvgIpc) is 4.14. The minimum absolute atomic E-state index is 0.00487. The number of nitrogens with zero attached hydrogens (tertiary/aromatic N) is 4. The first-order valence-corrected chi connectivity index (χ1v) is 28.4. The maximum atomic E-state index is 2.66. The number of hydrogen-bond donors (Lipinski definition) is 0. The SMILES string of the molecule is CC(C)(C)c1ccc(N2c3ccc(C(C)(C)C)cc3B3c4sc5cc6c(cc5c4N(c4ccc(C(C)(C)C)cc4)c4cc(N5c7ccccc7N(c7ccccc7)c7ccccc75)cc2c43)-c2ccccc2C6(C)C)cc1. The van der Waals surface area contributed by atoms with E-state index < -0.39 is 0 Å². The molecular formula is C71H65BN4S. The monoisotopic (exact) mass is 1020 g/mol. The molecule has 1 aromatic heterocycles. The van der Waals surface area contributed by atoms with Crippen molar-refractivity contribution in [1.29, 1.82) is 0 Å². The first-order valence-electron chi connectivity index (χ1n) is 27.5. The molecule has 77 heavy (non-hydrogen) atoms. The van der Waals surface area contributed by atoms with Crippen LogP contribution in [0.2, 0.25) is 0 Å². The van der Waals surface area contributed by atoms with Gasteiger partial charge >= 0.3 is 0 Å². The largest absolute Gasteiger partial charge is 0.311 e. The number of benzene rings is 9. The lowest BCUT2D eigenvalue weighted by Crippen LogP contribution is -2.60. The van der Waals surface area contributed by atoms with Crippen molar-refractivity contribution >= 4 is 112 Å². The highest BCUT2D eigenvalue weighted by atomic mass is 32.1. The van der Waals surface area contributed by atoms with Crippen molar-refractivity contribution in [2.75, 3.05) is 19.6 Å². The Morgan fingerprint density at radius 1 is 0.377 bits per heavy atom. The molecule has 3 aliphatic heterocycles. The van der Waals surface area contributed by atoms with Crippen LogP contribution in [0.3, 0.4) is 0 Å². The third-order valence-corrected chi connectivity index (χ3v) is 18.4. The van der Waals surface area contributed by atoms with Crippen LogP contribution >= 0.6 is 11.3 Å². The summed E-state index contributed by atoms with van der Waals surface area (Å²) in [5, 5.41) is 1.30. The zero-order valence-electron chi connectivity index (χ0n) is 46.2. The Bertz CT molecular complexity index is 3990. The van der Waals surface area contributed by atoms with Crippen molar-refractivity contribution in [1.82, 2.24) is 0 Å². The van der Waals surface area contributed by atoms with Gasteiger partial charge in [0, 0.05) is 54.4 Å². The molecule has 10 aromatic rings. The van der Waals surface area contributed by atoms with Gasteiger partial charge in [-0.3, -0.25) is 0 Å². The maximum absolute atomic E-state index is 2.66. The first-order chi connectivity index (χ1) is 36.9. The van der Waals surface area contributed by atoms with Gasteiger partial charge in [-0.2, -0.15) is 0 Å². The molecule has 1 aliphatic carbocycles. The van der Waals surface area contributed by atoms with Gasteiger partial charge in [-0.1, -0.05) is 179 Å². The molecule has 0 saturated heterocycles. The minimum Gasteiger partial charge on any atom is -0.311 e. The van der Waals surface area contributed by atoms with Crippen LogP contribution in [0.25, 0.3) is 21.2 Å². The molecule has 0 radical (unpaired) electrons. The standard InChI is InChI=1S/C71H65BN4S/c1-68(2,3)44-29-34-48(35-30-44)73-57-38-33-46(70(7,8)9)39-56(57)72-65-62(73)40-50(75-60-27-19-17-25-58(60)74(47-21-13-12-14-22-47)59-26-18-20-28-61(59)75)41-63(65)76(49-36-31-45(32-37-49)69(4,5)6)66-53-42-52-51-23-15-16-24-54(51)71(10,11)55(52)43-64(53)77-67(66)72/h12-43H,1-11H3. The molecule has 6 heteroatoms. The number of para-hydroxylation sites is 5. The van der Waals surface area contributed by atoms with E-state index in [2.05, 4.69) is 290 Å². The van der Waals surface area contributed by atoms with E-state index in [-0.39, 0.29) is 28.4 Å². The Kier molecular flexibility index (Phi) is 10.3. The number of thiophene rings is 1. The Morgan fingerprint density at radius 3 is 1.42 bits per heavy atom. The molecule has 4 nitrogen and oxygen atoms in total. The predicted octanol–water partition coefficient (Wildman–Crippen LogP) is 18.4. The van der Waals surface area contributed by atoms with Crippen LogP contribution in [-0.2, 0) is 21.7 Å². The van der Waals surface area contributed by atoms with Gasteiger partial charge in [0.15, 0.2) is 0 Å². The number of fused-ring (bicyclic) bond motifs is 11. The molecule has 0 atom stereocenters. The molecule has 14 rings (SSSR count). The Balaban J connectivity index is 1.12. The molecule has 0 saturated carbocycles. The lowest BCUT2D eigenvalue weighted by atomic mass is 9.36. The number of rotatable bonds is 4.